The fraction of sp³-hybridized carbons (Fsp3) is 0.133. The first-order valence-corrected chi connectivity index (χ1v) is 6.26. The fourth-order valence-corrected chi connectivity index (χ4v) is 2.28. The Morgan fingerprint density at radius 3 is 1.71 bits per heavy atom. The highest BCUT2D eigenvalue weighted by Gasteiger charge is 2.06. The van der Waals surface area contributed by atoms with Crippen molar-refractivity contribution in [3.63, 3.8) is 0 Å². The Morgan fingerprint density at radius 2 is 1.35 bits per heavy atom. The van der Waals surface area contributed by atoms with Crippen LogP contribution in [0, 0.1) is 13.8 Å². The summed E-state index contributed by atoms with van der Waals surface area (Å²) in [5.41, 5.74) is 4.33. The largest absolute Gasteiger partial charge is 0.212 e. The van der Waals surface area contributed by atoms with Crippen LogP contribution in [0.15, 0.2) is 48.5 Å². The lowest BCUT2D eigenvalue weighted by atomic mass is 10.0. The predicted octanol–water partition coefficient (Wildman–Crippen LogP) is 3.09. The molecule has 2 aromatic rings. The quantitative estimate of drug-likeness (QED) is 0.584. The summed E-state index contributed by atoms with van der Waals surface area (Å²) in [5.74, 6) is 0. The van der Waals surface area contributed by atoms with Crippen molar-refractivity contribution in [3.05, 3.63) is 70.8 Å². The van der Waals surface area contributed by atoms with E-state index in [2.05, 4.69) is 0 Å². The molecule has 0 fully saturated rings. The molecule has 0 saturated carbocycles. The van der Waals surface area contributed by atoms with Crippen LogP contribution < -0.4 is 0 Å². The van der Waals surface area contributed by atoms with Crippen LogP contribution in [-0.4, -0.2) is 9.07 Å². The molecule has 2 heteroatoms. The maximum atomic E-state index is 11.3. The average molecular weight is 242 g/mol. The summed E-state index contributed by atoms with van der Waals surface area (Å²) in [5, 5.41) is 0. The monoisotopic (exact) mass is 242 g/mol. The van der Waals surface area contributed by atoms with Crippen LogP contribution in [0.1, 0.15) is 22.3 Å². The molecular weight excluding hydrogens is 228 g/mol. The van der Waals surface area contributed by atoms with Gasteiger partial charge in [-0.05, 0) is 25.0 Å². The molecule has 0 spiro atoms. The highest BCUT2D eigenvalue weighted by Crippen LogP contribution is 2.12. The SMILES string of the molecule is Cc1cccc(C(=S=O)c2cccc(C)c2)c1. The minimum absolute atomic E-state index is 0.560. The maximum absolute atomic E-state index is 11.3. The van der Waals surface area contributed by atoms with Gasteiger partial charge in [0.2, 0.25) is 0 Å². The molecule has 0 aliphatic heterocycles. The molecule has 0 bridgehead atoms. The van der Waals surface area contributed by atoms with E-state index in [4.69, 9.17) is 0 Å². The van der Waals surface area contributed by atoms with Gasteiger partial charge in [-0.25, -0.2) is 4.21 Å². The van der Waals surface area contributed by atoms with Gasteiger partial charge in [-0.1, -0.05) is 59.7 Å². The summed E-state index contributed by atoms with van der Waals surface area (Å²) in [6, 6.07) is 16.1. The third-order valence-corrected chi connectivity index (χ3v) is 3.28. The van der Waals surface area contributed by atoms with Crippen molar-refractivity contribution in [2.24, 2.45) is 0 Å². The molecule has 2 aromatic carbocycles. The molecule has 0 aliphatic carbocycles. The molecule has 0 atom stereocenters. The summed E-state index contributed by atoms with van der Waals surface area (Å²) in [6.07, 6.45) is 0. The molecule has 0 radical (unpaired) electrons. The van der Waals surface area contributed by atoms with Crippen LogP contribution in [0.3, 0.4) is 0 Å². The lowest BCUT2D eigenvalue weighted by molar-refractivity contribution is 0.701. The van der Waals surface area contributed by atoms with E-state index in [0.29, 0.717) is 11.3 Å². The molecule has 0 aromatic heterocycles. The number of hydrogen-bond acceptors (Lipinski definition) is 1. The first-order chi connectivity index (χ1) is 8.20. The van der Waals surface area contributed by atoms with Crippen molar-refractivity contribution < 1.29 is 4.21 Å². The van der Waals surface area contributed by atoms with Crippen molar-refractivity contribution in [2.75, 3.05) is 0 Å². The van der Waals surface area contributed by atoms with Crippen molar-refractivity contribution >= 4 is 16.1 Å². The van der Waals surface area contributed by atoms with E-state index in [1.54, 1.807) is 0 Å². The number of aryl methyl sites for hydroxylation is 2. The predicted molar refractivity (Wildman–Crippen MR) is 73.7 cm³/mol. The molecule has 1 nitrogen and oxygen atoms in total. The second-order valence-corrected chi connectivity index (χ2v) is 4.73. The van der Waals surface area contributed by atoms with Gasteiger partial charge in [-0.2, -0.15) is 0 Å². The molecule has 0 saturated heterocycles. The lowest BCUT2D eigenvalue weighted by Crippen LogP contribution is -2.03. The Labute approximate surface area is 105 Å². The van der Waals surface area contributed by atoms with Gasteiger partial charge >= 0.3 is 0 Å². The van der Waals surface area contributed by atoms with E-state index < -0.39 is 0 Å². The maximum Gasteiger partial charge on any atom is 0.0978 e. The number of hydrogen-bond donors (Lipinski definition) is 0. The summed E-state index contributed by atoms with van der Waals surface area (Å²) in [4.78, 5) is 0.789. The molecule has 0 heterocycles. The van der Waals surface area contributed by atoms with Crippen molar-refractivity contribution in [1.82, 2.24) is 0 Å². The lowest BCUT2D eigenvalue weighted by Gasteiger charge is -2.05. The van der Waals surface area contributed by atoms with Gasteiger partial charge in [0, 0.05) is 0 Å². The highest BCUT2D eigenvalue weighted by atomic mass is 32.1. The zero-order valence-electron chi connectivity index (χ0n) is 9.94. The van der Waals surface area contributed by atoms with Gasteiger partial charge in [0.15, 0.2) is 0 Å². The van der Waals surface area contributed by atoms with Crippen molar-refractivity contribution in [1.29, 1.82) is 0 Å². The van der Waals surface area contributed by atoms with Crippen LogP contribution in [0.25, 0.3) is 0 Å². The zero-order chi connectivity index (χ0) is 12.3. The molecule has 0 aliphatic rings. The van der Waals surface area contributed by atoms with Gasteiger partial charge in [-0.15, -0.1) is 0 Å². The minimum Gasteiger partial charge on any atom is -0.212 e. The number of benzene rings is 2. The van der Waals surface area contributed by atoms with E-state index in [-0.39, 0.29) is 0 Å². The van der Waals surface area contributed by atoms with Gasteiger partial charge < -0.3 is 0 Å². The summed E-state index contributed by atoms with van der Waals surface area (Å²) in [6.45, 7) is 4.07. The Kier molecular flexibility index (Phi) is 3.55. The second kappa shape index (κ2) is 5.11. The number of rotatable bonds is 2. The van der Waals surface area contributed by atoms with Crippen LogP contribution in [0.5, 0.6) is 0 Å². The summed E-state index contributed by atoms with van der Waals surface area (Å²) in [7, 11) is 0. The first-order valence-electron chi connectivity index (χ1n) is 5.51. The smallest absolute Gasteiger partial charge is 0.0978 e. The standard InChI is InChI=1S/C15H14OS/c1-11-5-3-7-13(9-11)15(17-16)14-8-4-6-12(2)10-14/h3-10H,1-2H3. The molecule has 0 N–H and O–H groups in total. The zero-order valence-corrected chi connectivity index (χ0v) is 10.8. The van der Waals surface area contributed by atoms with Gasteiger partial charge in [-0.3, -0.25) is 0 Å². The topological polar surface area (TPSA) is 17.1 Å². The highest BCUT2D eigenvalue weighted by molar-refractivity contribution is 7.67. The Morgan fingerprint density at radius 1 is 0.882 bits per heavy atom. The first kappa shape index (κ1) is 11.8. The second-order valence-electron chi connectivity index (χ2n) is 4.15. The molecule has 17 heavy (non-hydrogen) atoms. The molecule has 0 unspecified atom stereocenters. The molecule has 86 valence electrons. The van der Waals surface area contributed by atoms with Crippen molar-refractivity contribution in [3.8, 4) is 0 Å². The van der Waals surface area contributed by atoms with E-state index in [0.717, 1.165) is 16.0 Å². The fourth-order valence-electron chi connectivity index (χ4n) is 1.84. The third-order valence-electron chi connectivity index (χ3n) is 2.64. The van der Waals surface area contributed by atoms with Crippen LogP contribution in [0.4, 0.5) is 0 Å². The average Bonchev–Trinajstić information content (AvgIpc) is 2.30. The van der Waals surface area contributed by atoms with E-state index >= 15 is 0 Å². The normalized spacial score (nSPS) is 10.0. The van der Waals surface area contributed by atoms with Crippen LogP contribution >= 0.6 is 0 Å². The molecular formula is C15H14OS. The Bertz CT molecular complexity index is 548. The Balaban J connectivity index is 2.52. The van der Waals surface area contributed by atoms with E-state index in [9.17, 15) is 4.21 Å². The van der Waals surface area contributed by atoms with Crippen LogP contribution in [0.2, 0.25) is 0 Å². The molecule has 0 amide bonds. The van der Waals surface area contributed by atoms with Gasteiger partial charge in [0.1, 0.15) is 0 Å². The third kappa shape index (κ3) is 2.71. The van der Waals surface area contributed by atoms with Gasteiger partial charge in [0.25, 0.3) is 0 Å². The Hall–Kier alpha value is -1.67. The van der Waals surface area contributed by atoms with Gasteiger partial charge in [0.05, 0.1) is 16.1 Å². The van der Waals surface area contributed by atoms with E-state index in [1.165, 1.54) is 11.1 Å². The van der Waals surface area contributed by atoms with Crippen molar-refractivity contribution in [2.45, 2.75) is 13.8 Å². The summed E-state index contributed by atoms with van der Waals surface area (Å²) < 4.78 is 11.3. The minimum atomic E-state index is 0.560. The van der Waals surface area contributed by atoms with Crippen LogP contribution in [-0.2, 0) is 11.3 Å². The summed E-state index contributed by atoms with van der Waals surface area (Å²) >= 11 is 0.560. The van der Waals surface area contributed by atoms with E-state index in [1.807, 2.05) is 62.4 Å². The molecule has 2 rings (SSSR count).